The van der Waals surface area contributed by atoms with Crippen molar-refractivity contribution in [2.24, 2.45) is 11.3 Å². The number of nitrogens with zero attached hydrogens (tertiary/aromatic N) is 3. The van der Waals surface area contributed by atoms with E-state index in [0.717, 1.165) is 11.3 Å². The van der Waals surface area contributed by atoms with Crippen molar-refractivity contribution in [2.75, 3.05) is 26.9 Å². The van der Waals surface area contributed by atoms with E-state index in [9.17, 15) is 19.8 Å². The Morgan fingerprint density at radius 2 is 1.87 bits per heavy atom. The third-order valence-corrected chi connectivity index (χ3v) is 8.29. The van der Waals surface area contributed by atoms with Crippen LogP contribution in [0.25, 0.3) is 11.3 Å². The van der Waals surface area contributed by atoms with Crippen LogP contribution in [0.4, 0.5) is 0 Å². The molecule has 1 saturated heterocycles. The van der Waals surface area contributed by atoms with Crippen LogP contribution in [0.5, 0.6) is 5.75 Å². The van der Waals surface area contributed by atoms with Crippen LogP contribution in [-0.4, -0.2) is 70.1 Å². The molecule has 11 heteroatoms. The van der Waals surface area contributed by atoms with E-state index in [-0.39, 0.29) is 31.2 Å². The molecule has 1 aromatic heterocycles. The van der Waals surface area contributed by atoms with E-state index in [2.05, 4.69) is 15.6 Å². The zero-order valence-corrected chi connectivity index (χ0v) is 22.9. The van der Waals surface area contributed by atoms with E-state index in [1.807, 2.05) is 24.3 Å². The third-order valence-electron chi connectivity index (χ3n) is 7.96. The molecule has 4 unspecified atom stereocenters. The molecule has 3 N–H and O–H groups in total. The maximum atomic E-state index is 13.1. The van der Waals surface area contributed by atoms with Crippen LogP contribution >= 0.6 is 11.6 Å². The molecule has 2 aromatic carbocycles. The van der Waals surface area contributed by atoms with Crippen molar-refractivity contribution < 1.29 is 29.3 Å². The molecule has 39 heavy (non-hydrogen) atoms. The number of benzene rings is 2. The second kappa shape index (κ2) is 11.7. The van der Waals surface area contributed by atoms with E-state index in [4.69, 9.17) is 21.1 Å². The minimum absolute atomic E-state index is 0.00756. The van der Waals surface area contributed by atoms with Gasteiger partial charge in [0.25, 0.3) is 0 Å². The molecular weight excluding hydrogens is 524 g/mol. The molecular formula is C28H33ClN4O6. The molecule has 10 nitrogen and oxygen atoms in total. The quantitative estimate of drug-likeness (QED) is 0.302. The fraction of sp³-hybridized carbons (Fsp3) is 0.429. The van der Waals surface area contributed by atoms with Gasteiger partial charge in [-0.1, -0.05) is 48.9 Å². The Kier molecular flexibility index (Phi) is 8.58. The molecule has 208 valence electrons. The molecule has 1 fully saturated rings. The summed E-state index contributed by atoms with van der Waals surface area (Å²) in [5, 5.41) is 33.2. The Morgan fingerprint density at radius 1 is 1.15 bits per heavy atom. The Balaban J connectivity index is 1.53. The maximum Gasteiger partial charge on any atom is 0.315 e. The van der Waals surface area contributed by atoms with Crippen LogP contribution in [0, 0.1) is 11.3 Å². The molecule has 4 atom stereocenters. The summed E-state index contributed by atoms with van der Waals surface area (Å²) in [6, 6.07) is 13.3. The summed E-state index contributed by atoms with van der Waals surface area (Å²) in [6.07, 6.45) is 1.85. The number of hydrogen-bond acceptors (Lipinski definition) is 7. The van der Waals surface area contributed by atoms with Crippen molar-refractivity contribution in [2.45, 2.75) is 38.3 Å². The van der Waals surface area contributed by atoms with Crippen LogP contribution in [0.1, 0.15) is 25.8 Å². The molecule has 2 heterocycles. The van der Waals surface area contributed by atoms with Gasteiger partial charge in [0, 0.05) is 16.6 Å². The van der Waals surface area contributed by atoms with Gasteiger partial charge in [-0.2, -0.15) is 0 Å². The zero-order chi connectivity index (χ0) is 28.2. The first-order chi connectivity index (χ1) is 18.7. The van der Waals surface area contributed by atoms with Gasteiger partial charge < -0.3 is 25.0 Å². The van der Waals surface area contributed by atoms with E-state index in [1.165, 1.54) is 0 Å². The van der Waals surface area contributed by atoms with E-state index >= 15 is 0 Å². The van der Waals surface area contributed by atoms with Crippen molar-refractivity contribution in [3.63, 3.8) is 0 Å². The second-order valence-electron chi connectivity index (χ2n) is 9.76. The number of carbonyl (C=O) groups is 2. The van der Waals surface area contributed by atoms with Gasteiger partial charge >= 0.3 is 11.9 Å². The van der Waals surface area contributed by atoms with Gasteiger partial charge in [0.1, 0.15) is 22.3 Å². The van der Waals surface area contributed by atoms with Crippen molar-refractivity contribution >= 4 is 23.5 Å². The topological polar surface area (TPSA) is 136 Å². The van der Waals surface area contributed by atoms with E-state index in [1.54, 1.807) is 56.1 Å². The summed E-state index contributed by atoms with van der Waals surface area (Å²) in [4.78, 5) is 26.2. The number of aromatic nitrogens is 3. The summed E-state index contributed by atoms with van der Waals surface area (Å²) in [7, 11) is 1.61. The number of aliphatic carboxylic acids is 2. The van der Waals surface area contributed by atoms with Gasteiger partial charge in [-0.05, 0) is 54.8 Å². The smallest absolute Gasteiger partial charge is 0.315 e. The first-order valence-electron chi connectivity index (χ1n) is 12.8. The highest BCUT2D eigenvalue weighted by Crippen LogP contribution is 2.56. The SMILES string of the molecule is CCC1(C(=O)O)C(COCCn2cc(-c3ccc(OC)cc3)nn2)NCC(C)C1(C(=O)O)c1ccccc1Cl. The molecule has 0 spiro atoms. The predicted molar refractivity (Wildman–Crippen MR) is 145 cm³/mol. The van der Waals surface area contributed by atoms with Crippen LogP contribution in [0.2, 0.25) is 5.02 Å². The van der Waals surface area contributed by atoms with Gasteiger partial charge in [0.15, 0.2) is 0 Å². The van der Waals surface area contributed by atoms with Crippen molar-refractivity contribution in [1.82, 2.24) is 20.3 Å². The molecule has 4 rings (SSSR count). The second-order valence-corrected chi connectivity index (χ2v) is 10.2. The number of ether oxygens (including phenoxy) is 2. The normalized spacial score (nSPS) is 24.8. The average Bonchev–Trinajstić information content (AvgIpc) is 3.40. The summed E-state index contributed by atoms with van der Waals surface area (Å²) < 4.78 is 12.8. The minimum atomic E-state index is -1.77. The lowest BCUT2D eigenvalue weighted by Gasteiger charge is -2.56. The lowest BCUT2D eigenvalue weighted by Crippen LogP contribution is -2.73. The fourth-order valence-corrected chi connectivity index (χ4v) is 6.31. The summed E-state index contributed by atoms with van der Waals surface area (Å²) in [5.74, 6) is -2.24. The summed E-state index contributed by atoms with van der Waals surface area (Å²) >= 11 is 6.52. The fourth-order valence-electron chi connectivity index (χ4n) is 6.02. The number of rotatable bonds is 11. The minimum Gasteiger partial charge on any atom is -0.497 e. The maximum absolute atomic E-state index is 13.1. The van der Waals surface area contributed by atoms with Crippen molar-refractivity contribution in [3.05, 3.63) is 65.3 Å². The van der Waals surface area contributed by atoms with Crippen LogP contribution < -0.4 is 10.1 Å². The third kappa shape index (κ3) is 4.88. The molecule has 0 saturated carbocycles. The molecule has 0 amide bonds. The van der Waals surface area contributed by atoms with Gasteiger partial charge in [0.2, 0.25) is 0 Å². The van der Waals surface area contributed by atoms with Crippen LogP contribution in [0.15, 0.2) is 54.7 Å². The lowest BCUT2D eigenvalue weighted by molar-refractivity contribution is -0.180. The number of carboxylic acids is 2. The van der Waals surface area contributed by atoms with Gasteiger partial charge in [-0.3, -0.25) is 9.59 Å². The van der Waals surface area contributed by atoms with Gasteiger partial charge in [0.05, 0.1) is 33.1 Å². The molecule has 0 bridgehead atoms. The molecule has 1 aliphatic rings. The standard InChI is InChI=1S/C28H33ClN4O6/c1-4-27(25(34)35)24(30-15-18(2)28(27,26(36)37)21-7-5-6-8-22(21)29)17-39-14-13-33-16-23(31-32-33)19-9-11-20(38-3)12-10-19/h5-12,16,18,24,30H,4,13-15,17H2,1-3H3,(H,34,35)(H,36,37). The summed E-state index contributed by atoms with van der Waals surface area (Å²) in [5.41, 5.74) is -1.61. The highest BCUT2D eigenvalue weighted by atomic mass is 35.5. The molecule has 1 aliphatic heterocycles. The number of carboxylic acid groups (broad SMARTS) is 2. The largest absolute Gasteiger partial charge is 0.497 e. The van der Waals surface area contributed by atoms with Gasteiger partial charge in [-0.25, -0.2) is 4.68 Å². The highest BCUT2D eigenvalue weighted by Gasteiger charge is 2.69. The number of nitrogens with one attached hydrogen (secondary N) is 1. The Labute approximate surface area is 231 Å². The number of hydrogen-bond donors (Lipinski definition) is 3. The number of methoxy groups -OCH3 is 1. The highest BCUT2D eigenvalue weighted by molar-refractivity contribution is 6.31. The Hall–Kier alpha value is -3.47. The summed E-state index contributed by atoms with van der Waals surface area (Å²) in [6.45, 7) is 4.34. The van der Waals surface area contributed by atoms with Crippen LogP contribution in [0.3, 0.4) is 0 Å². The number of halogens is 1. The Morgan fingerprint density at radius 3 is 2.49 bits per heavy atom. The molecule has 3 aromatic rings. The first-order valence-corrected chi connectivity index (χ1v) is 13.2. The molecule has 0 radical (unpaired) electrons. The van der Waals surface area contributed by atoms with Gasteiger partial charge in [-0.15, -0.1) is 5.10 Å². The monoisotopic (exact) mass is 556 g/mol. The predicted octanol–water partition coefficient (Wildman–Crippen LogP) is 3.74. The lowest BCUT2D eigenvalue weighted by atomic mass is 9.49. The average molecular weight is 557 g/mol. The van der Waals surface area contributed by atoms with E-state index < -0.39 is 34.7 Å². The Bertz CT molecular complexity index is 1320. The molecule has 0 aliphatic carbocycles. The van der Waals surface area contributed by atoms with Crippen molar-refractivity contribution in [3.8, 4) is 17.0 Å². The van der Waals surface area contributed by atoms with Crippen LogP contribution in [-0.2, 0) is 26.3 Å². The number of piperidine rings is 1. The van der Waals surface area contributed by atoms with Crippen molar-refractivity contribution in [1.29, 1.82) is 0 Å². The van der Waals surface area contributed by atoms with E-state index in [0.29, 0.717) is 17.8 Å². The zero-order valence-electron chi connectivity index (χ0n) is 22.1. The first kappa shape index (κ1) is 28.5.